The molecule has 12 heavy (non-hydrogen) atoms. The molecule has 3 nitrogen and oxygen atoms in total. The molecule has 4 heteroatoms. The number of halogens is 1. The summed E-state index contributed by atoms with van der Waals surface area (Å²) in [6, 6.07) is 0. The summed E-state index contributed by atoms with van der Waals surface area (Å²) in [5.74, 6) is 0.424. The maximum atomic E-state index is 5.73. The highest BCUT2D eigenvalue weighted by Gasteiger charge is 2.00. The van der Waals surface area contributed by atoms with Gasteiger partial charge in [-0.2, -0.15) is 5.10 Å². The zero-order chi connectivity index (χ0) is 8.97. The van der Waals surface area contributed by atoms with E-state index in [2.05, 4.69) is 12.0 Å². The van der Waals surface area contributed by atoms with Crippen LogP contribution in [-0.4, -0.2) is 9.78 Å². The van der Waals surface area contributed by atoms with Crippen molar-refractivity contribution >= 4 is 17.4 Å². The number of anilines is 1. The van der Waals surface area contributed by atoms with Gasteiger partial charge in [-0.25, -0.2) is 0 Å². The number of aromatic nitrogens is 2. The Morgan fingerprint density at radius 1 is 1.58 bits per heavy atom. The number of aryl methyl sites for hydroxylation is 1. The molecule has 0 saturated heterocycles. The van der Waals surface area contributed by atoms with Crippen molar-refractivity contribution in [3.8, 4) is 0 Å². The Morgan fingerprint density at radius 3 is 2.83 bits per heavy atom. The molecule has 2 N–H and O–H groups in total. The number of nitrogen functional groups attached to an aromatic ring is 1. The minimum absolute atomic E-state index is 0.424. The Kier molecular flexibility index (Phi) is 3.41. The largest absolute Gasteiger partial charge is 0.381 e. The number of hydrogen-bond acceptors (Lipinski definition) is 2. The number of nitrogens with zero attached hydrogens (tertiary/aromatic N) is 2. The molecule has 1 aromatic heterocycles. The van der Waals surface area contributed by atoms with Crippen LogP contribution in [-0.2, 0) is 6.54 Å². The third kappa shape index (κ3) is 2.41. The summed E-state index contributed by atoms with van der Waals surface area (Å²) in [4.78, 5) is 0. The van der Waals surface area contributed by atoms with Gasteiger partial charge in [-0.15, -0.1) is 0 Å². The lowest BCUT2D eigenvalue weighted by atomic mass is 10.2. The van der Waals surface area contributed by atoms with E-state index in [-0.39, 0.29) is 0 Å². The van der Waals surface area contributed by atoms with Gasteiger partial charge in [0, 0.05) is 12.7 Å². The third-order valence-corrected chi connectivity index (χ3v) is 2.03. The van der Waals surface area contributed by atoms with Crippen LogP contribution < -0.4 is 5.73 Å². The van der Waals surface area contributed by atoms with Crippen LogP contribution in [0.3, 0.4) is 0 Å². The van der Waals surface area contributed by atoms with Crippen molar-refractivity contribution in [2.45, 2.75) is 32.7 Å². The van der Waals surface area contributed by atoms with Gasteiger partial charge in [0.2, 0.25) is 0 Å². The second kappa shape index (κ2) is 4.36. The van der Waals surface area contributed by atoms with Crippen LogP contribution in [0.4, 0.5) is 5.82 Å². The molecule has 0 saturated carbocycles. The Morgan fingerprint density at radius 2 is 2.33 bits per heavy atom. The van der Waals surface area contributed by atoms with Gasteiger partial charge in [-0.3, -0.25) is 4.68 Å². The summed E-state index contributed by atoms with van der Waals surface area (Å²) in [5.41, 5.74) is 5.48. The lowest BCUT2D eigenvalue weighted by Gasteiger charge is -1.98. The molecule has 0 aliphatic heterocycles. The van der Waals surface area contributed by atoms with Gasteiger partial charge in [-0.05, 0) is 6.42 Å². The minimum atomic E-state index is 0.424. The molecule has 1 rings (SSSR count). The van der Waals surface area contributed by atoms with Crippen LogP contribution in [0.25, 0.3) is 0 Å². The average molecular weight is 188 g/mol. The lowest BCUT2D eigenvalue weighted by molar-refractivity contribution is 0.555. The van der Waals surface area contributed by atoms with Gasteiger partial charge in [0.1, 0.15) is 5.02 Å². The Hall–Kier alpha value is -0.700. The molecule has 0 aliphatic rings. The second-order valence-corrected chi connectivity index (χ2v) is 3.24. The summed E-state index contributed by atoms with van der Waals surface area (Å²) >= 11 is 5.73. The van der Waals surface area contributed by atoms with Gasteiger partial charge >= 0.3 is 0 Å². The first kappa shape index (κ1) is 9.39. The molecule has 0 bridgehead atoms. The van der Waals surface area contributed by atoms with Crippen molar-refractivity contribution in [2.75, 3.05) is 5.73 Å². The summed E-state index contributed by atoms with van der Waals surface area (Å²) in [6.07, 6.45) is 5.34. The molecule has 0 aliphatic carbocycles. The van der Waals surface area contributed by atoms with Gasteiger partial charge in [0.05, 0.1) is 0 Å². The maximum Gasteiger partial charge on any atom is 0.164 e. The summed E-state index contributed by atoms with van der Waals surface area (Å²) in [5, 5.41) is 4.59. The third-order valence-electron chi connectivity index (χ3n) is 1.73. The van der Waals surface area contributed by atoms with Crippen LogP contribution in [0.5, 0.6) is 0 Å². The molecule has 0 spiro atoms. The zero-order valence-corrected chi connectivity index (χ0v) is 8.01. The SMILES string of the molecule is CCCCCn1cc(Cl)c(N)n1. The van der Waals surface area contributed by atoms with Crippen molar-refractivity contribution in [2.24, 2.45) is 0 Å². The van der Waals surface area contributed by atoms with Crippen molar-refractivity contribution in [3.63, 3.8) is 0 Å². The van der Waals surface area contributed by atoms with E-state index in [0.29, 0.717) is 10.8 Å². The Balaban J connectivity index is 2.42. The first-order chi connectivity index (χ1) is 5.74. The fourth-order valence-corrected chi connectivity index (χ4v) is 1.20. The van der Waals surface area contributed by atoms with Crippen LogP contribution in [0, 0.1) is 0 Å². The van der Waals surface area contributed by atoms with E-state index in [1.54, 1.807) is 10.9 Å². The average Bonchev–Trinajstić information content (AvgIpc) is 2.32. The van der Waals surface area contributed by atoms with E-state index in [4.69, 9.17) is 17.3 Å². The highest BCUT2D eigenvalue weighted by molar-refractivity contribution is 6.32. The van der Waals surface area contributed by atoms with Gasteiger partial charge in [0.25, 0.3) is 0 Å². The van der Waals surface area contributed by atoms with Crippen molar-refractivity contribution < 1.29 is 0 Å². The van der Waals surface area contributed by atoms with Crippen molar-refractivity contribution in [1.82, 2.24) is 9.78 Å². The highest BCUT2D eigenvalue weighted by Crippen LogP contribution is 2.15. The fourth-order valence-electron chi connectivity index (χ4n) is 1.05. The predicted molar refractivity (Wildman–Crippen MR) is 51.2 cm³/mol. The number of rotatable bonds is 4. The number of hydrogen-bond donors (Lipinski definition) is 1. The summed E-state index contributed by atoms with van der Waals surface area (Å²) in [6.45, 7) is 3.08. The first-order valence-electron chi connectivity index (χ1n) is 4.22. The van der Waals surface area contributed by atoms with Crippen molar-refractivity contribution in [1.29, 1.82) is 0 Å². The minimum Gasteiger partial charge on any atom is -0.381 e. The number of nitrogens with two attached hydrogens (primary N) is 1. The summed E-state index contributed by atoms with van der Waals surface area (Å²) in [7, 11) is 0. The van der Waals surface area contributed by atoms with Crippen LogP contribution in [0.1, 0.15) is 26.2 Å². The standard InChI is InChI=1S/C8H14ClN3/c1-2-3-4-5-12-6-7(9)8(10)11-12/h6H,2-5H2,1H3,(H2,10,11). The molecule has 0 atom stereocenters. The topological polar surface area (TPSA) is 43.8 Å². The van der Waals surface area contributed by atoms with E-state index in [9.17, 15) is 0 Å². The van der Waals surface area contributed by atoms with E-state index < -0.39 is 0 Å². The molecular formula is C8H14ClN3. The van der Waals surface area contributed by atoms with Crippen LogP contribution in [0.15, 0.2) is 6.20 Å². The molecule has 68 valence electrons. The Bertz CT molecular complexity index is 225. The lowest BCUT2D eigenvalue weighted by Crippen LogP contribution is -1.99. The van der Waals surface area contributed by atoms with Crippen LogP contribution in [0.2, 0.25) is 5.02 Å². The second-order valence-electron chi connectivity index (χ2n) is 2.83. The Labute approximate surface area is 77.5 Å². The molecule has 0 aromatic carbocycles. The normalized spacial score (nSPS) is 10.5. The quantitative estimate of drug-likeness (QED) is 0.736. The smallest absolute Gasteiger partial charge is 0.164 e. The van der Waals surface area contributed by atoms with E-state index in [1.165, 1.54) is 12.8 Å². The fraction of sp³-hybridized carbons (Fsp3) is 0.625. The first-order valence-corrected chi connectivity index (χ1v) is 4.60. The maximum absolute atomic E-state index is 5.73. The molecule has 0 unspecified atom stereocenters. The molecule has 0 fully saturated rings. The molecular weight excluding hydrogens is 174 g/mol. The zero-order valence-electron chi connectivity index (χ0n) is 7.26. The van der Waals surface area contributed by atoms with E-state index >= 15 is 0 Å². The molecule has 0 radical (unpaired) electrons. The monoisotopic (exact) mass is 187 g/mol. The van der Waals surface area contributed by atoms with Crippen molar-refractivity contribution in [3.05, 3.63) is 11.2 Å². The van der Waals surface area contributed by atoms with Gasteiger partial charge in [0.15, 0.2) is 5.82 Å². The molecule has 1 aromatic rings. The van der Waals surface area contributed by atoms with Gasteiger partial charge in [-0.1, -0.05) is 31.4 Å². The molecule has 1 heterocycles. The molecule has 0 amide bonds. The predicted octanol–water partition coefficient (Wildman–Crippen LogP) is 2.31. The van der Waals surface area contributed by atoms with Gasteiger partial charge < -0.3 is 5.73 Å². The summed E-state index contributed by atoms with van der Waals surface area (Å²) < 4.78 is 1.80. The highest BCUT2D eigenvalue weighted by atomic mass is 35.5. The van der Waals surface area contributed by atoms with Crippen LogP contribution >= 0.6 is 11.6 Å². The van der Waals surface area contributed by atoms with E-state index in [0.717, 1.165) is 13.0 Å². The van der Waals surface area contributed by atoms with E-state index in [1.807, 2.05) is 0 Å². The number of unbranched alkanes of at least 4 members (excludes halogenated alkanes) is 2.